The predicted molar refractivity (Wildman–Crippen MR) is 113 cm³/mol. The van der Waals surface area contributed by atoms with Crippen LogP contribution in [0.4, 0.5) is 0 Å². The van der Waals surface area contributed by atoms with Gasteiger partial charge >= 0.3 is 5.97 Å². The molecule has 3 rings (SSSR count). The molecule has 12 nitrogen and oxygen atoms in total. The molecule has 1 unspecified atom stereocenters. The van der Waals surface area contributed by atoms with Crippen molar-refractivity contribution in [1.29, 1.82) is 0 Å². The minimum atomic E-state index is -4.29. The normalized spacial score (nSPS) is 18.8. The van der Waals surface area contributed by atoms with Crippen molar-refractivity contribution in [3.05, 3.63) is 35.4 Å². The summed E-state index contributed by atoms with van der Waals surface area (Å²) in [6, 6.07) is 4.58. The number of carboxylic acid groups (broad SMARTS) is 1. The molecule has 33 heavy (non-hydrogen) atoms. The first-order chi connectivity index (χ1) is 15.5. The van der Waals surface area contributed by atoms with Gasteiger partial charge in [0, 0.05) is 39.1 Å². The summed E-state index contributed by atoms with van der Waals surface area (Å²) in [4.78, 5) is 53.5. The maximum atomic E-state index is 12.6. The maximum Gasteiger partial charge on any atom is 0.326 e. The van der Waals surface area contributed by atoms with E-state index in [1.165, 1.54) is 17.0 Å². The number of nitrogens with zero attached hydrogens (tertiary/aromatic N) is 3. The second-order valence-corrected chi connectivity index (χ2v) is 9.50. The molecule has 0 spiro atoms. The largest absolute Gasteiger partial charge is 0.480 e. The van der Waals surface area contributed by atoms with E-state index in [1.807, 2.05) is 0 Å². The zero-order chi connectivity index (χ0) is 24.3. The van der Waals surface area contributed by atoms with Crippen molar-refractivity contribution in [2.45, 2.75) is 25.0 Å². The summed E-state index contributed by atoms with van der Waals surface area (Å²) >= 11 is 0. The van der Waals surface area contributed by atoms with Crippen LogP contribution in [0.2, 0.25) is 0 Å². The Morgan fingerprint density at radius 2 is 1.55 bits per heavy atom. The van der Waals surface area contributed by atoms with Crippen molar-refractivity contribution < 1.29 is 42.4 Å². The molecule has 3 N–H and O–H groups in total. The van der Waals surface area contributed by atoms with Crippen LogP contribution in [0.5, 0.6) is 0 Å². The first-order valence-corrected chi connectivity index (χ1v) is 11.9. The SMILES string of the molecule is O=C(O)[C@H](CCC(=O)N1CCN(CC(O)CS(=O)(=O)O)CC1)N1C(=O)c2ccccc2C1=O. The predicted octanol–water partition coefficient (Wildman–Crippen LogP) is -1.09. The van der Waals surface area contributed by atoms with E-state index in [-0.39, 0.29) is 49.5 Å². The van der Waals surface area contributed by atoms with Gasteiger partial charge in [-0.3, -0.25) is 28.7 Å². The fourth-order valence-corrected chi connectivity index (χ4v) is 4.64. The van der Waals surface area contributed by atoms with Crippen molar-refractivity contribution in [1.82, 2.24) is 14.7 Å². The number of β-amino-alcohol motifs (C(OH)–C–C–N with tert-alkyl or cyclic N) is 1. The zero-order valence-electron chi connectivity index (χ0n) is 17.7. The average molecular weight is 483 g/mol. The van der Waals surface area contributed by atoms with E-state index in [1.54, 1.807) is 17.0 Å². The van der Waals surface area contributed by atoms with Gasteiger partial charge in [-0.15, -0.1) is 0 Å². The minimum absolute atomic E-state index is 0.0165. The number of piperazine rings is 1. The van der Waals surface area contributed by atoms with Crippen LogP contribution in [0.3, 0.4) is 0 Å². The fourth-order valence-electron chi connectivity index (χ4n) is 4.05. The Morgan fingerprint density at radius 1 is 1.00 bits per heavy atom. The molecule has 2 atom stereocenters. The van der Waals surface area contributed by atoms with Gasteiger partial charge in [0.15, 0.2) is 0 Å². The van der Waals surface area contributed by atoms with Gasteiger partial charge < -0.3 is 15.1 Å². The number of carbonyl (C=O) groups excluding carboxylic acids is 3. The van der Waals surface area contributed by atoms with Gasteiger partial charge in [-0.25, -0.2) is 4.79 Å². The monoisotopic (exact) mass is 483 g/mol. The van der Waals surface area contributed by atoms with E-state index < -0.39 is 45.8 Å². The van der Waals surface area contributed by atoms with Crippen molar-refractivity contribution in [3.8, 4) is 0 Å². The van der Waals surface area contributed by atoms with Crippen molar-refractivity contribution in [3.63, 3.8) is 0 Å². The van der Waals surface area contributed by atoms with Crippen LogP contribution in [0.15, 0.2) is 24.3 Å². The Balaban J connectivity index is 1.53. The summed E-state index contributed by atoms with van der Waals surface area (Å²) in [7, 11) is -4.29. The van der Waals surface area contributed by atoms with Gasteiger partial charge in [0.05, 0.1) is 17.2 Å². The quantitative estimate of drug-likeness (QED) is 0.289. The molecule has 0 aromatic heterocycles. The molecule has 2 aliphatic rings. The summed E-state index contributed by atoms with van der Waals surface area (Å²) < 4.78 is 30.5. The average Bonchev–Trinajstić information content (AvgIpc) is 2.98. The molecule has 0 bridgehead atoms. The highest BCUT2D eigenvalue weighted by atomic mass is 32.2. The van der Waals surface area contributed by atoms with Crippen LogP contribution >= 0.6 is 0 Å². The van der Waals surface area contributed by atoms with Crippen LogP contribution in [-0.2, 0) is 19.7 Å². The number of benzene rings is 1. The third kappa shape index (κ3) is 5.93. The lowest BCUT2D eigenvalue weighted by Crippen LogP contribution is -2.51. The highest BCUT2D eigenvalue weighted by molar-refractivity contribution is 7.85. The molecular weight excluding hydrogens is 458 g/mol. The molecule has 1 fully saturated rings. The molecule has 180 valence electrons. The number of hydrogen-bond donors (Lipinski definition) is 3. The van der Waals surface area contributed by atoms with E-state index in [9.17, 15) is 37.8 Å². The molecule has 0 saturated carbocycles. The molecule has 3 amide bonds. The lowest BCUT2D eigenvalue weighted by atomic mass is 10.1. The van der Waals surface area contributed by atoms with Crippen molar-refractivity contribution in [2.24, 2.45) is 0 Å². The lowest BCUT2D eigenvalue weighted by molar-refractivity contribution is -0.142. The first-order valence-electron chi connectivity index (χ1n) is 10.3. The molecule has 1 aromatic rings. The third-order valence-corrected chi connectivity index (χ3v) is 6.46. The fraction of sp³-hybridized carbons (Fsp3) is 0.500. The highest BCUT2D eigenvalue weighted by Gasteiger charge is 2.42. The summed E-state index contributed by atoms with van der Waals surface area (Å²) in [6.07, 6.45) is -1.68. The molecule has 1 aromatic carbocycles. The van der Waals surface area contributed by atoms with Crippen molar-refractivity contribution >= 4 is 33.8 Å². The number of fused-ring (bicyclic) bond motifs is 1. The van der Waals surface area contributed by atoms with E-state index >= 15 is 0 Å². The first kappa shape index (κ1) is 24.8. The summed E-state index contributed by atoms with van der Waals surface area (Å²) in [5.41, 5.74) is 0.264. The minimum Gasteiger partial charge on any atom is -0.480 e. The van der Waals surface area contributed by atoms with Crippen LogP contribution in [0.1, 0.15) is 33.6 Å². The Kier molecular flexibility index (Phi) is 7.47. The van der Waals surface area contributed by atoms with Crippen LogP contribution in [0.25, 0.3) is 0 Å². The van der Waals surface area contributed by atoms with Gasteiger partial charge in [-0.1, -0.05) is 12.1 Å². The molecule has 0 radical (unpaired) electrons. The zero-order valence-corrected chi connectivity index (χ0v) is 18.5. The second kappa shape index (κ2) is 9.95. The maximum absolute atomic E-state index is 12.6. The van der Waals surface area contributed by atoms with Crippen LogP contribution in [0, 0.1) is 0 Å². The molecular formula is C20H25N3O9S. The molecule has 13 heteroatoms. The number of carbonyl (C=O) groups is 4. The van der Waals surface area contributed by atoms with Crippen LogP contribution < -0.4 is 0 Å². The van der Waals surface area contributed by atoms with Gasteiger partial charge in [0.2, 0.25) is 5.91 Å². The number of amides is 3. The van der Waals surface area contributed by atoms with E-state index in [0.29, 0.717) is 18.0 Å². The lowest BCUT2D eigenvalue weighted by Gasteiger charge is -2.35. The van der Waals surface area contributed by atoms with Gasteiger partial charge in [0.1, 0.15) is 11.8 Å². The summed E-state index contributed by atoms with van der Waals surface area (Å²) in [5, 5.41) is 19.4. The summed E-state index contributed by atoms with van der Waals surface area (Å²) in [5.74, 6) is -3.90. The Labute approximate surface area is 190 Å². The number of carboxylic acids is 1. The second-order valence-electron chi connectivity index (χ2n) is 8.00. The van der Waals surface area contributed by atoms with Crippen molar-refractivity contribution in [2.75, 3.05) is 38.5 Å². The van der Waals surface area contributed by atoms with E-state index in [0.717, 1.165) is 0 Å². The Morgan fingerprint density at radius 3 is 2.03 bits per heavy atom. The smallest absolute Gasteiger partial charge is 0.326 e. The standard InChI is InChI=1S/C20H25N3O9S/c24-13(12-33(30,31)32)11-21-7-9-22(10-8-21)17(25)6-5-16(20(28)29)23-18(26)14-3-1-2-4-15(14)19(23)27/h1-4,13,16,24H,5-12H2,(H,28,29)(H,30,31,32)/t13?,16-/m0/s1. The number of hydrogen-bond acceptors (Lipinski definition) is 8. The molecule has 2 aliphatic heterocycles. The molecule has 1 saturated heterocycles. The number of rotatable bonds is 9. The number of aliphatic carboxylic acids is 1. The Bertz CT molecular complexity index is 1020. The van der Waals surface area contributed by atoms with Gasteiger partial charge in [-0.2, -0.15) is 8.42 Å². The van der Waals surface area contributed by atoms with Crippen LogP contribution in [-0.4, -0.2) is 112 Å². The van der Waals surface area contributed by atoms with Gasteiger partial charge in [-0.05, 0) is 18.6 Å². The number of aliphatic hydroxyl groups excluding tert-OH is 1. The van der Waals surface area contributed by atoms with Gasteiger partial charge in [0.25, 0.3) is 21.9 Å². The van der Waals surface area contributed by atoms with E-state index in [4.69, 9.17) is 4.55 Å². The Hall–Kier alpha value is -2.87. The number of imide groups is 1. The third-order valence-electron chi connectivity index (χ3n) is 5.65. The highest BCUT2D eigenvalue weighted by Crippen LogP contribution is 2.26. The topological polar surface area (TPSA) is 173 Å². The molecule has 2 heterocycles. The molecule has 0 aliphatic carbocycles. The summed E-state index contributed by atoms with van der Waals surface area (Å²) in [6.45, 7) is 1.29. The van der Waals surface area contributed by atoms with E-state index in [2.05, 4.69) is 0 Å². The number of aliphatic hydroxyl groups is 1.